The number of nitrogens with one attached hydrogen (secondary N) is 2. The Kier molecular flexibility index (Phi) is 13.3. The molecule has 0 bridgehead atoms. The van der Waals surface area contributed by atoms with Crippen molar-refractivity contribution in [1.82, 2.24) is 10.6 Å². The molecule has 1 fully saturated rings. The number of hydrogen-bond acceptors (Lipinski definition) is 8. The molecule has 48 heavy (non-hydrogen) atoms. The average Bonchev–Trinajstić information content (AvgIpc) is 3.84. The van der Waals surface area contributed by atoms with Gasteiger partial charge in [0.25, 0.3) is 0 Å². The summed E-state index contributed by atoms with van der Waals surface area (Å²) in [5.41, 5.74) is 1.29. The number of cyclic esters (lactones) is 2. The molecule has 4 rings (SSSR count). The molecule has 2 amide bonds. The van der Waals surface area contributed by atoms with E-state index in [1.165, 1.54) is 40.8 Å². The van der Waals surface area contributed by atoms with E-state index < -0.39 is 57.5 Å². The van der Waals surface area contributed by atoms with Gasteiger partial charge in [-0.3, -0.25) is 19.2 Å². The zero-order valence-corrected chi connectivity index (χ0v) is 29.6. The van der Waals surface area contributed by atoms with E-state index in [4.69, 9.17) is 14.2 Å². The van der Waals surface area contributed by atoms with Crippen molar-refractivity contribution in [3.05, 3.63) is 83.2 Å². The SMILES string of the molecule is CCC1CNC(=O)[C@@H](Cc2ccc(C(=O)I)c(F)c2)NC(=O)/C=C/C[C@@H]([C@H](C)[C@H]2O[C@@H]2c2ccccc2)OC(=O)[C@H](CC(C)C)OC1=O. The van der Waals surface area contributed by atoms with Crippen LogP contribution in [0.1, 0.15) is 74.5 Å². The van der Waals surface area contributed by atoms with Gasteiger partial charge in [0.2, 0.25) is 15.6 Å². The maximum atomic E-state index is 14.6. The normalized spacial score (nSPS) is 26.9. The van der Waals surface area contributed by atoms with Gasteiger partial charge in [0.1, 0.15) is 24.1 Å². The molecule has 258 valence electrons. The Labute approximate surface area is 293 Å². The molecule has 0 spiro atoms. The van der Waals surface area contributed by atoms with Gasteiger partial charge in [-0.25, -0.2) is 9.18 Å². The zero-order chi connectivity index (χ0) is 35.0. The van der Waals surface area contributed by atoms with Gasteiger partial charge >= 0.3 is 11.9 Å². The van der Waals surface area contributed by atoms with Crippen LogP contribution in [0.25, 0.3) is 0 Å². The van der Waals surface area contributed by atoms with Crippen molar-refractivity contribution in [2.75, 3.05) is 6.54 Å². The summed E-state index contributed by atoms with van der Waals surface area (Å²) in [5, 5.41) is 5.36. The van der Waals surface area contributed by atoms with Crippen molar-refractivity contribution < 1.29 is 42.6 Å². The van der Waals surface area contributed by atoms with E-state index in [1.807, 2.05) is 51.1 Å². The number of benzene rings is 2. The molecule has 0 radical (unpaired) electrons. The van der Waals surface area contributed by atoms with Crippen LogP contribution in [0.15, 0.2) is 60.7 Å². The molecule has 2 aromatic rings. The second-order valence-corrected chi connectivity index (χ2v) is 13.6. The minimum absolute atomic E-state index is 0.00377. The summed E-state index contributed by atoms with van der Waals surface area (Å²) >= 11 is 1.49. The van der Waals surface area contributed by atoms with Crippen molar-refractivity contribution in [2.24, 2.45) is 17.8 Å². The second-order valence-electron chi connectivity index (χ2n) is 12.7. The number of esters is 2. The standard InChI is InChI=1S/C36H42FIN2O8/c1-5-23-19-39-34(43)27(18-22-14-15-25(33(38)42)26(37)17-22)40-30(41)13-9-12-28(46-36(45)29(16-20(2)3)47-35(23)44)21(4)31-32(48-31)24-10-7-6-8-11-24/h6-11,13-15,17,20-21,23,27-29,31-32H,5,12,16,18-19H2,1-4H3,(H,39,43)(H,40,41)/b13-9+/t21-,23?,27+,28-,29-,31+,32+/m0/s1. The number of rotatable bonds is 9. The predicted molar refractivity (Wildman–Crippen MR) is 183 cm³/mol. The highest BCUT2D eigenvalue weighted by molar-refractivity contribution is 14.1. The van der Waals surface area contributed by atoms with E-state index in [-0.39, 0.29) is 55.4 Å². The van der Waals surface area contributed by atoms with E-state index in [0.29, 0.717) is 12.0 Å². The van der Waals surface area contributed by atoms with Gasteiger partial charge in [-0.15, -0.1) is 0 Å². The highest BCUT2D eigenvalue weighted by Crippen LogP contribution is 2.45. The largest absolute Gasteiger partial charge is 0.459 e. The van der Waals surface area contributed by atoms with Crippen LogP contribution in [0.4, 0.5) is 4.39 Å². The Hall–Kier alpha value is -3.65. The minimum atomic E-state index is -1.16. The van der Waals surface area contributed by atoms with Crippen molar-refractivity contribution in [3.63, 3.8) is 0 Å². The molecule has 0 saturated carbocycles. The molecule has 2 aliphatic rings. The fraction of sp³-hybridized carbons (Fsp3) is 0.472. The van der Waals surface area contributed by atoms with Gasteiger partial charge < -0.3 is 24.8 Å². The van der Waals surface area contributed by atoms with Crippen LogP contribution in [0, 0.1) is 23.6 Å². The Balaban J connectivity index is 1.60. The predicted octanol–water partition coefficient (Wildman–Crippen LogP) is 5.18. The molecule has 2 aromatic carbocycles. The van der Waals surface area contributed by atoms with Crippen molar-refractivity contribution in [2.45, 2.75) is 83.8 Å². The molecular formula is C36H42FIN2O8. The summed E-state index contributed by atoms with van der Waals surface area (Å²) in [7, 11) is 0. The van der Waals surface area contributed by atoms with E-state index in [2.05, 4.69) is 10.6 Å². The van der Waals surface area contributed by atoms with E-state index in [0.717, 1.165) is 11.6 Å². The highest BCUT2D eigenvalue weighted by atomic mass is 127. The fourth-order valence-electron chi connectivity index (χ4n) is 5.66. The summed E-state index contributed by atoms with van der Waals surface area (Å²) in [4.78, 5) is 65.0. The van der Waals surface area contributed by atoms with Crippen LogP contribution in [0.2, 0.25) is 0 Å². The van der Waals surface area contributed by atoms with Gasteiger partial charge in [0.05, 0.1) is 17.6 Å². The number of amides is 2. The topological polar surface area (TPSA) is 140 Å². The maximum Gasteiger partial charge on any atom is 0.347 e. The van der Waals surface area contributed by atoms with Gasteiger partial charge in [-0.1, -0.05) is 70.2 Å². The summed E-state index contributed by atoms with van der Waals surface area (Å²) in [6, 6.07) is 12.6. The first-order chi connectivity index (χ1) is 22.9. The Bertz CT molecular complexity index is 1520. The quantitative estimate of drug-likeness (QED) is 0.154. The average molecular weight is 777 g/mol. The molecule has 2 N–H and O–H groups in total. The number of epoxide rings is 1. The third-order valence-electron chi connectivity index (χ3n) is 8.54. The number of carbonyl (C=O) groups is 5. The fourth-order valence-corrected chi connectivity index (χ4v) is 6.10. The van der Waals surface area contributed by atoms with E-state index in [1.54, 1.807) is 13.0 Å². The van der Waals surface area contributed by atoms with Gasteiger partial charge in [0, 0.05) is 47.9 Å². The first-order valence-electron chi connectivity index (χ1n) is 16.2. The van der Waals surface area contributed by atoms with Gasteiger partial charge in [0.15, 0.2) is 6.10 Å². The summed E-state index contributed by atoms with van der Waals surface area (Å²) in [6.07, 6.45) is 1.14. The number of halogens is 2. The molecule has 1 saturated heterocycles. The monoisotopic (exact) mass is 776 g/mol. The lowest BCUT2D eigenvalue weighted by Crippen LogP contribution is -2.49. The number of ether oxygens (including phenoxy) is 3. The summed E-state index contributed by atoms with van der Waals surface area (Å²) in [5.74, 6) is -4.32. The lowest BCUT2D eigenvalue weighted by molar-refractivity contribution is -0.176. The van der Waals surface area contributed by atoms with Crippen LogP contribution in [0.5, 0.6) is 0 Å². The van der Waals surface area contributed by atoms with Crippen LogP contribution in [-0.4, -0.2) is 58.4 Å². The smallest absolute Gasteiger partial charge is 0.347 e. The molecular weight excluding hydrogens is 734 g/mol. The minimum Gasteiger partial charge on any atom is -0.459 e. The van der Waals surface area contributed by atoms with Crippen molar-refractivity contribution in [3.8, 4) is 0 Å². The molecule has 12 heteroatoms. The number of carbonyl (C=O) groups excluding carboxylic acids is 5. The van der Waals surface area contributed by atoms with E-state index >= 15 is 0 Å². The molecule has 2 aliphatic heterocycles. The van der Waals surface area contributed by atoms with Gasteiger partial charge in [-0.2, -0.15) is 0 Å². The second kappa shape index (κ2) is 17.1. The van der Waals surface area contributed by atoms with Crippen LogP contribution in [-0.2, 0) is 39.8 Å². The van der Waals surface area contributed by atoms with E-state index in [9.17, 15) is 28.4 Å². The molecule has 1 unspecified atom stereocenters. The highest BCUT2D eigenvalue weighted by Gasteiger charge is 2.47. The Morgan fingerprint density at radius 3 is 2.40 bits per heavy atom. The molecule has 0 aromatic heterocycles. The maximum absolute atomic E-state index is 14.6. The molecule has 0 aliphatic carbocycles. The van der Waals surface area contributed by atoms with Crippen LogP contribution >= 0.6 is 22.6 Å². The van der Waals surface area contributed by atoms with Crippen molar-refractivity contribution >= 4 is 50.1 Å². The lowest BCUT2D eigenvalue weighted by Gasteiger charge is -2.27. The molecule has 2 heterocycles. The summed E-state index contributed by atoms with van der Waals surface area (Å²) < 4.78 is 31.9. The molecule has 10 nitrogen and oxygen atoms in total. The van der Waals surface area contributed by atoms with Crippen LogP contribution in [0.3, 0.4) is 0 Å². The Morgan fingerprint density at radius 2 is 1.75 bits per heavy atom. The van der Waals surface area contributed by atoms with Crippen LogP contribution < -0.4 is 10.6 Å². The number of hydrogen-bond donors (Lipinski definition) is 2. The van der Waals surface area contributed by atoms with Gasteiger partial charge in [-0.05, 0) is 48.1 Å². The zero-order valence-electron chi connectivity index (χ0n) is 27.4. The summed E-state index contributed by atoms with van der Waals surface area (Å²) in [6.45, 7) is 7.36. The lowest BCUT2D eigenvalue weighted by atomic mass is 9.93. The first kappa shape index (κ1) is 37.2. The molecule has 7 atom stereocenters. The Morgan fingerprint density at radius 1 is 1.02 bits per heavy atom. The third kappa shape index (κ3) is 10.2. The van der Waals surface area contributed by atoms with Crippen molar-refractivity contribution in [1.29, 1.82) is 0 Å². The third-order valence-corrected chi connectivity index (χ3v) is 9.12. The first-order valence-corrected chi connectivity index (χ1v) is 17.3.